The van der Waals surface area contributed by atoms with Crippen molar-refractivity contribution in [1.82, 2.24) is 5.32 Å². The predicted molar refractivity (Wildman–Crippen MR) is 65.1 cm³/mol. The quantitative estimate of drug-likeness (QED) is 0.644. The maximum absolute atomic E-state index is 9.11. The Bertz CT molecular complexity index is 243. The van der Waals surface area contributed by atoms with E-state index in [-0.39, 0.29) is 0 Å². The molecule has 1 unspecified atom stereocenters. The zero-order valence-electron chi connectivity index (χ0n) is 10.8. The van der Waals surface area contributed by atoms with Crippen molar-refractivity contribution in [3.63, 3.8) is 0 Å². The number of hydrogen-bond donors (Lipinski definition) is 1. The second-order valence-corrected chi connectivity index (χ2v) is 5.45. The molecule has 0 amide bonds. The van der Waals surface area contributed by atoms with Crippen molar-refractivity contribution in [2.45, 2.75) is 58.0 Å². The zero-order chi connectivity index (χ0) is 12.0. The summed E-state index contributed by atoms with van der Waals surface area (Å²) in [5.74, 6) is 0.732. The smallest absolute Gasteiger partial charge is 0.127 e. The molecule has 92 valence electrons. The summed E-state index contributed by atoms with van der Waals surface area (Å²) in [5, 5.41) is 12.4. The Morgan fingerprint density at radius 1 is 1.50 bits per heavy atom. The molecule has 3 nitrogen and oxygen atoms in total. The molecule has 0 heterocycles. The molecule has 0 saturated heterocycles. The summed E-state index contributed by atoms with van der Waals surface area (Å²) < 4.78 is 5.58. The van der Waals surface area contributed by atoms with Crippen LogP contribution < -0.4 is 5.32 Å². The van der Waals surface area contributed by atoms with Gasteiger partial charge in [-0.05, 0) is 38.5 Å². The standard InChI is InChI=1S/C13H24N2O/c1-11(2)5-4-8-16-10-13(3,9-14)15-12-6-7-12/h11-12,15H,4-8,10H2,1-3H3. The van der Waals surface area contributed by atoms with Crippen molar-refractivity contribution < 1.29 is 4.74 Å². The highest BCUT2D eigenvalue weighted by atomic mass is 16.5. The van der Waals surface area contributed by atoms with Gasteiger partial charge in [0.2, 0.25) is 0 Å². The molecule has 1 N–H and O–H groups in total. The fourth-order valence-corrected chi connectivity index (χ4v) is 1.65. The number of nitrogens with one attached hydrogen (secondary N) is 1. The van der Waals surface area contributed by atoms with Gasteiger partial charge in [0.25, 0.3) is 0 Å². The molecule has 0 aliphatic heterocycles. The minimum atomic E-state index is -0.501. The Hall–Kier alpha value is -0.590. The zero-order valence-corrected chi connectivity index (χ0v) is 10.8. The third-order valence-electron chi connectivity index (χ3n) is 2.81. The van der Waals surface area contributed by atoms with Gasteiger partial charge in [0.1, 0.15) is 5.54 Å². The number of nitrogens with zero attached hydrogens (tertiary/aromatic N) is 1. The van der Waals surface area contributed by atoms with Gasteiger partial charge < -0.3 is 4.74 Å². The average Bonchev–Trinajstić information content (AvgIpc) is 3.01. The van der Waals surface area contributed by atoms with Gasteiger partial charge in [-0.2, -0.15) is 5.26 Å². The molecule has 0 radical (unpaired) electrons. The lowest BCUT2D eigenvalue weighted by Gasteiger charge is -2.23. The molecule has 3 heteroatoms. The topological polar surface area (TPSA) is 45.0 Å². The fourth-order valence-electron chi connectivity index (χ4n) is 1.65. The van der Waals surface area contributed by atoms with Crippen LogP contribution in [0.15, 0.2) is 0 Å². The van der Waals surface area contributed by atoms with Crippen molar-refractivity contribution in [3.8, 4) is 6.07 Å². The van der Waals surface area contributed by atoms with Crippen LogP contribution in [0.1, 0.15) is 46.5 Å². The molecule has 0 aromatic carbocycles. The van der Waals surface area contributed by atoms with Crippen LogP contribution in [0.5, 0.6) is 0 Å². The van der Waals surface area contributed by atoms with Gasteiger partial charge >= 0.3 is 0 Å². The van der Waals surface area contributed by atoms with Crippen molar-refractivity contribution in [2.75, 3.05) is 13.2 Å². The molecule has 1 saturated carbocycles. The molecule has 0 aromatic heterocycles. The van der Waals surface area contributed by atoms with Gasteiger partial charge in [0.15, 0.2) is 0 Å². The minimum absolute atomic E-state index is 0.498. The molecule has 16 heavy (non-hydrogen) atoms. The van der Waals surface area contributed by atoms with Crippen LogP contribution in [0, 0.1) is 17.2 Å². The Morgan fingerprint density at radius 3 is 2.69 bits per heavy atom. The van der Waals surface area contributed by atoms with Crippen molar-refractivity contribution in [3.05, 3.63) is 0 Å². The molecule has 1 aliphatic carbocycles. The van der Waals surface area contributed by atoms with E-state index in [0.29, 0.717) is 12.6 Å². The summed E-state index contributed by atoms with van der Waals surface area (Å²) in [6.07, 6.45) is 4.68. The molecular formula is C13H24N2O. The normalized spacial score (nSPS) is 19.4. The van der Waals surface area contributed by atoms with E-state index in [9.17, 15) is 0 Å². The first kappa shape index (κ1) is 13.5. The van der Waals surface area contributed by atoms with E-state index in [1.165, 1.54) is 19.3 Å². The Labute approximate surface area is 99.2 Å². The van der Waals surface area contributed by atoms with Gasteiger partial charge in [-0.25, -0.2) is 0 Å². The van der Waals surface area contributed by atoms with Gasteiger partial charge in [-0.1, -0.05) is 13.8 Å². The van der Waals surface area contributed by atoms with Crippen LogP contribution in [0.2, 0.25) is 0 Å². The first-order valence-corrected chi connectivity index (χ1v) is 6.32. The Morgan fingerprint density at radius 2 is 2.19 bits per heavy atom. The highest BCUT2D eigenvalue weighted by Crippen LogP contribution is 2.22. The first-order chi connectivity index (χ1) is 7.56. The Balaban J connectivity index is 2.10. The maximum Gasteiger partial charge on any atom is 0.127 e. The van der Waals surface area contributed by atoms with Gasteiger partial charge in [0, 0.05) is 12.6 Å². The van der Waals surface area contributed by atoms with Crippen molar-refractivity contribution in [1.29, 1.82) is 5.26 Å². The molecule has 1 aliphatic rings. The molecule has 0 aromatic rings. The lowest BCUT2D eigenvalue weighted by molar-refractivity contribution is 0.0901. The third kappa shape index (κ3) is 5.48. The first-order valence-electron chi connectivity index (χ1n) is 6.32. The summed E-state index contributed by atoms with van der Waals surface area (Å²) in [4.78, 5) is 0. The van der Waals surface area contributed by atoms with Crippen LogP contribution in [0.3, 0.4) is 0 Å². The molecule has 1 fully saturated rings. The van der Waals surface area contributed by atoms with E-state index in [4.69, 9.17) is 10.00 Å². The van der Waals surface area contributed by atoms with E-state index in [1.807, 2.05) is 6.92 Å². The van der Waals surface area contributed by atoms with Crippen LogP contribution in [-0.4, -0.2) is 24.8 Å². The van der Waals surface area contributed by atoms with Crippen molar-refractivity contribution in [2.24, 2.45) is 5.92 Å². The van der Waals surface area contributed by atoms with Crippen LogP contribution in [0.4, 0.5) is 0 Å². The lowest BCUT2D eigenvalue weighted by atomic mass is 10.1. The molecule has 0 bridgehead atoms. The van der Waals surface area contributed by atoms with Gasteiger partial charge in [-0.3, -0.25) is 5.32 Å². The minimum Gasteiger partial charge on any atom is -0.378 e. The predicted octanol–water partition coefficient (Wildman–Crippen LogP) is 2.47. The molecule has 1 rings (SSSR count). The summed E-state index contributed by atoms with van der Waals surface area (Å²) >= 11 is 0. The van der Waals surface area contributed by atoms with E-state index >= 15 is 0 Å². The number of ether oxygens (including phenoxy) is 1. The van der Waals surface area contributed by atoms with Crippen LogP contribution >= 0.6 is 0 Å². The highest BCUT2D eigenvalue weighted by molar-refractivity contribution is 5.07. The molecule has 1 atom stereocenters. The maximum atomic E-state index is 9.11. The Kier molecular flexibility index (Phi) is 5.24. The SMILES string of the molecule is CC(C)CCCOCC(C)(C#N)NC1CC1. The summed E-state index contributed by atoms with van der Waals surface area (Å²) in [5.41, 5.74) is -0.501. The van der Waals surface area contributed by atoms with Gasteiger partial charge in [-0.15, -0.1) is 0 Å². The van der Waals surface area contributed by atoms with Crippen LogP contribution in [-0.2, 0) is 4.74 Å². The van der Waals surface area contributed by atoms with Crippen molar-refractivity contribution >= 4 is 0 Å². The summed E-state index contributed by atoms with van der Waals surface area (Å²) in [6.45, 7) is 7.62. The molecule has 0 spiro atoms. The summed E-state index contributed by atoms with van der Waals surface area (Å²) in [7, 11) is 0. The number of hydrogen-bond acceptors (Lipinski definition) is 3. The van der Waals surface area contributed by atoms with Crippen LogP contribution in [0.25, 0.3) is 0 Å². The van der Waals surface area contributed by atoms with E-state index in [2.05, 4.69) is 25.2 Å². The second-order valence-electron chi connectivity index (χ2n) is 5.45. The van der Waals surface area contributed by atoms with E-state index < -0.39 is 5.54 Å². The summed E-state index contributed by atoms with van der Waals surface area (Å²) in [6, 6.07) is 2.86. The van der Waals surface area contributed by atoms with E-state index in [0.717, 1.165) is 18.9 Å². The number of rotatable bonds is 8. The lowest BCUT2D eigenvalue weighted by Crippen LogP contribution is -2.46. The monoisotopic (exact) mass is 224 g/mol. The average molecular weight is 224 g/mol. The third-order valence-corrected chi connectivity index (χ3v) is 2.81. The molecular weight excluding hydrogens is 200 g/mol. The number of nitriles is 1. The van der Waals surface area contributed by atoms with Gasteiger partial charge in [0.05, 0.1) is 12.7 Å². The van der Waals surface area contributed by atoms with E-state index in [1.54, 1.807) is 0 Å². The highest BCUT2D eigenvalue weighted by Gasteiger charge is 2.32. The fraction of sp³-hybridized carbons (Fsp3) is 0.923. The largest absolute Gasteiger partial charge is 0.378 e. The second kappa shape index (κ2) is 6.22.